The zero-order valence-corrected chi connectivity index (χ0v) is 16.7. The van der Waals surface area contributed by atoms with Gasteiger partial charge in [0, 0.05) is 11.8 Å². The maximum absolute atomic E-state index is 12.5. The summed E-state index contributed by atoms with van der Waals surface area (Å²) in [7, 11) is 1.48. The molecule has 3 rings (SSSR count). The summed E-state index contributed by atoms with van der Waals surface area (Å²) in [5.41, 5.74) is 8.23. The molecule has 0 unspecified atom stereocenters. The van der Waals surface area contributed by atoms with Crippen molar-refractivity contribution in [3.8, 4) is 5.75 Å². The van der Waals surface area contributed by atoms with Gasteiger partial charge in [-0.25, -0.2) is 0 Å². The van der Waals surface area contributed by atoms with Gasteiger partial charge in [0.05, 0.1) is 36.1 Å². The average molecular weight is 411 g/mol. The van der Waals surface area contributed by atoms with Crippen molar-refractivity contribution in [3.05, 3.63) is 52.5 Å². The molecular formula is C20H24Cl2N2O3. The molecule has 27 heavy (non-hydrogen) atoms. The predicted molar refractivity (Wildman–Crippen MR) is 111 cm³/mol. The van der Waals surface area contributed by atoms with Gasteiger partial charge in [0.15, 0.2) is 0 Å². The monoisotopic (exact) mass is 410 g/mol. The van der Waals surface area contributed by atoms with Crippen LogP contribution in [0.4, 0.5) is 11.4 Å². The van der Waals surface area contributed by atoms with E-state index in [1.807, 2.05) is 24.3 Å². The van der Waals surface area contributed by atoms with Gasteiger partial charge >= 0.3 is 0 Å². The lowest BCUT2D eigenvalue weighted by Crippen LogP contribution is -2.13. The molecule has 1 fully saturated rings. The van der Waals surface area contributed by atoms with E-state index in [1.165, 1.54) is 26.0 Å². The van der Waals surface area contributed by atoms with Gasteiger partial charge in [0.1, 0.15) is 5.75 Å². The second-order valence-electron chi connectivity index (χ2n) is 6.44. The van der Waals surface area contributed by atoms with Crippen molar-refractivity contribution < 1.29 is 14.3 Å². The minimum Gasteiger partial charge on any atom is -0.496 e. The molecule has 2 aromatic rings. The van der Waals surface area contributed by atoms with Crippen molar-refractivity contribution in [1.82, 2.24) is 0 Å². The highest BCUT2D eigenvalue weighted by atomic mass is 35.5. The summed E-state index contributed by atoms with van der Waals surface area (Å²) in [5, 5.41) is 3.16. The third kappa shape index (κ3) is 5.51. The first kappa shape index (κ1) is 21.4. The number of carbonyl (C=O) groups is 1. The summed E-state index contributed by atoms with van der Waals surface area (Å²) in [6, 6.07) is 10.7. The smallest absolute Gasteiger partial charge is 0.259 e. The number of methoxy groups -OCH3 is 1. The van der Waals surface area contributed by atoms with Crippen molar-refractivity contribution in [2.45, 2.75) is 38.4 Å². The molecule has 0 bridgehead atoms. The minimum atomic E-state index is -0.307. The molecule has 146 valence electrons. The fourth-order valence-electron chi connectivity index (χ4n) is 3.07. The van der Waals surface area contributed by atoms with Crippen LogP contribution in [-0.4, -0.2) is 19.1 Å². The van der Waals surface area contributed by atoms with Crippen LogP contribution in [0, 0.1) is 0 Å². The average Bonchev–Trinajstić information content (AvgIpc) is 3.16. The van der Waals surface area contributed by atoms with E-state index >= 15 is 0 Å². The summed E-state index contributed by atoms with van der Waals surface area (Å²) in [4.78, 5) is 12.5. The Morgan fingerprint density at radius 3 is 2.52 bits per heavy atom. The molecule has 3 N–H and O–H groups in total. The number of halogens is 2. The van der Waals surface area contributed by atoms with Crippen molar-refractivity contribution in [2.75, 3.05) is 18.2 Å². The van der Waals surface area contributed by atoms with Crippen LogP contribution < -0.4 is 15.8 Å². The Morgan fingerprint density at radius 1 is 1.22 bits per heavy atom. The van der Waals surface area contributed by atoms with E-state index in [0.29, 0.717) is 40.4 Å². The summed E-state index contributed by atoms with van der Waals surface area (Å²) in [6.45, 7) is 0.598. The first-order chi connectivity index (χ1) is 12.6. The van der Waals surface area contributed by atoms with Gasteiger partial charge < -0.3 is 20.5 Å². The van der Waals surface area contributed by atoms with Crippen LogP contribution in [0.15, 0.2) is 36.4 Å². The van der Waals surface area contributed by atoms with Crippen LogP contribution in [0.1, 0.15) is 41.6 Å². The van der Waals surface area contributed by atoms with Crippen LogP contribution >= 0.6 is 24.0 Å². The molecule has 2 aromatic carbocycles. The molecule has 0 atom stereocenters. The third-order valence-electron chi connectivity index (χ3n) is 4.56. The molecule has 1 amide bonds. The summed E-state index contributed by atoms with van der Waals surface area (Å²) < 4.78 is 11.1. The zero-order valence-electron chi connectivity index (χ0n) is 15.2. The predicted octanol–water partition coefficient (Wildman–Crippen LogP) is 5.06. The Balaban J connectivity index is 0.00000261. The number of amides is 1. The minimum absolute atomic E-state index is 0. The molecule has 5 nitrogen and oxygen atoms in total. The molecule has 7 heteroatoms. The molecule has 0 saturated heterocycles. The number of hydrogen-bond donors (Lipinski definition) is 2. The van der Waals surface area contributed by atoms with Crippen LogP contribution in [0.5, 0.6) is 5.75 Å². The molecule has 0 heterocycles. The number of nitrogens with two attached hydrogens (primary N) is 1. The number of benzene rings is 2. The summed E-state index contributed by atoms with van der Waals surface area (Å²) in [5.74, 6) is 0.0738. The van der Waals surface area contributed by atoms with E-state index in [0.717, 1.165) is 18.4 Å². The number of nitrogens with one attached hydrogen (secondary N) is 1. The lowest BCUT2D eigenvalue weighted by Gasteiger charge is -2.13. The quantitative estimate of drug-likeness (QED) is 0.652. The van der Waals surface area contributed by atoms with Gasteiger partial charge in [-0.05, 0) is 36.6 Å². The van der Waals surface area contributed by atoms with Gasteiger partial charge in [0.25, 0.3) is 5.91 Å². The molecule has 0 aromatic heterocycles. The number of ether oxygens (including phenoxy) is 2. The van der Waals surface area contributed by atoms with Crippen LogP contribution in [0.25, 0.3) is 0 Å². The molecule has 1 saturated carbocycles. The molecule has 1 aliphatic carbocycles. The van der Waals surface area contributed by atoms with Crippen molar-refractivity contribution in [1.29, 1.82) is 0 Å². The third-order valence-corrected chi connectivity index (χ3v) is 4.89. The SMILES string of the molecule is COc1cc(N)c(Cl)cc1C(=O)Nc1ccc(COC2CCCC2)cc1.Cl. The standard InChI is InChI=1S/C20H23ClN2O3.ClH/c1-25-19-11-18(22)17(21)10-16(19)20(24)23-14-8-6-13(7-9-14)12-26-15-4-2-3-5-15;/h6-11,15H,2-5,12,22H2,1H3,(H,23,24);1H. The van der Waals surface area contributed by atoms with E-state index in [-0.39, 0.29) is 18.3 Å². The van der Waals surface area contributed by atoms with Crippen LogP contribution in [0.3, 0.4) is 0 Å². The Morgan fingerprint density at radius 2 is 1.89 bits per heavy atom. The maximum Gasteiger partial charge on any atom is 0.259 e. The highest BCUT2D eigenvalue weighted by molar-refractivity contribution is 6.33. The fourth-order valence-corrected chi connectivity index (χ4v) is 3.23. The molecule has 0 radical (unpaired) electrons. The van der Waals surface area contributed by atoms with E-state index in [2.05, 4.69) is 5.32 Å². The van der Waals surface area contributed by atoms with Gasteiger partial charge in [0.2, 0.25) is 0 Å². The second kappa shape index (κ2) is 9.83. The Kier molecular flexibility index (Phi) is 7.78. The lowest BCUT2D eigenvalue weighted by atomic mass is 10.1. The maximum atomic E-state index is 12.5. The Hall–Kier alpha value is -1.95. The Bertz CT molecular complexity index is 776. The molecule has 0 spiro atoms. The summed E-state index contributed by atoms with van der Waals surface area (Å²) in [6.07, 6.45) is 5.21. The number of anilines is 2. The second-order valence-corrected chi connectivity index (χ2v) is 6.85. The topological polar surface area (TPSA) is 73.6 Å². The van der Waals surface area contributed by atoms with Crippen LogP contribution in [-0.2, 0) is 11.3 Å². The highest BCUT2D eigenvalue weighted by Gasteiger charge is 2.16. The number of carbonyl (C=O) groups excluding carboxylic acids is 1. The highest BCUT2D eigenvalue weighted by Crippen LogP contribution is 2.29. The Labute approximate surface area is 170 Å². The van der Waals surface area contributed by atoms with Crippen molar-refractivity contribution >= 4 is 41.3 Å². The molecule has 1 aliphatic rings. The van der Waals surface area contributed by atoms with Crippen LogP contribution in [0.2, 0.25) is 5.02 Å². The lowest BCUT2D eigenvalue weighted by molar-refractivity contribution is 0.0457. The normalized spacial score (nSPS) is 13.9. The van der Waals surface area contributed by atoms with E-state index in [9.17, 15) is 4.79 Å². The van der Waals surface area contributed by atoms with E-state index in [1.54, 1.807) is 6.07 Å². The van der Waals surface area contributed by atoms with Gasteiger partial charge in [-0.15, -0.1) is 12.4 Å². The van der Waals surface area contributed by atoms with Gasteiger partial charge in [-0.1, -0.05) is 36.6 Å². The molecule has 0 aliphatic heterocycles. The van der Waals surface area contributed by atoms with E-state index < -0.39 is 0 Å². The van der Waals surface area contributed by atoms with E-state index in [4.69, 9.17) is 26.8 Å². The zero-order chi connectivity index (χ0) is 18.5. The molecular weight excluding hydrogens is 387 g/mol. The first-order valence-electron chi connectivity index (χ1n) is 8.71. The fraction of sp³-hybridized carbons (Fsp3) is 0.350. The number of nitrogen functional groups attached to an aromatic ring is 1. The number of hydrogen-bond acceptors (Lipinski definition) is 4. The summed E-state index contributed by atoms with van der Waals surface area (Å²) >= 11 is 6.02. The largest absolute Gasteiger partial charge is 0.496 e. The first-order valence-corrected chi connectivity index (χ1v) is 9.09. The van der Waals surface area contributed by atoms with Gasteiger partial charge in [-0.2, -0.15) is 0 Å². The van der Waals surface area contributed by atoms with Crippen molar-refractivity contribution in [3.63, 3.8) is 0 Å². The van der Waals surface area contributed by atoms with Crippen molar-refractivity contribution in [2.24, 2.45) is 0 Å². The number of rotatable bonds is 6. The van der Waals surface area contributed by atoms with Gasteiger partial charge in [-0.3, -0.25) is 4.79 Å².